The van der Waals surface area contributed by atoms with Crippen molar-refractivity contribution in [2.45, 2.75) is 68.2 Å². The van der Waals surface area contributed by atoms with Crippen molar-refractivity contribution in [3.05, 3.63) is 54.6 Å². The van der Waals surface area contributed by atoms with Crippen LogP contribution in [0.5, 0.6) is 0 Å². The Balaban J connectivity index is 1.40. The number of hydrogen-bond donors (Lipinski definition) is 1. The molecule has 0 amide bonds. The standard InChI is InChI=1S/C25H29N5O4S2/c1-3-17-12-18(28-35(31,32)19-8-9-19)13-23(17)29-15-27-22-14-26-25-21(24(22)29)10-11-30(25)36(33,34)20-6-4-16(2)5-7-20/h4-7,10-11,14-15,17-19,23,28H,3,8-9,12-13H2,1-2H3/t17-,18+,23?/m1/s1. The van der Waals surface area contributed by atoms with Gasteiger partial charge in [-0.3, -0.25) is 0 Å². The summed E-state index contributed by atoms with van der Waals surface area (Å²) in [5.74, 6) is 0.274. The van der Waals surface area contributed by atoms with E-state index in [1.165, 1.54) is 3.97 Å². The quantitative estimate of drug-likeness (QED) is 0.391. The van der Waals surface area contributed by atoms with Crippen LogP contribution in [0.4, 0.5) is 0 Å². The van der Waals surface area contributed by atoms with Gasteiger partial charge in [0.2, 0.25) is 10.0 Å². The number of benzene rings is 1. The predicted molar refractivity (Wildman–Crippen MR) is 138 cm³/mol. The van der Waals surface area contributed by atoms with Gasteiger partial charge in [-0.1, -0.05) is 31.0 Å². The SMILES string of the molecule is CC[C@@H]1C[C@H](NS(=O)(=O)C2CC2)CC1n1cnc2cnc3c(ccn3S(=O)(=O)c3ccc(C)cc3)c21. The van der Waals surface area contributed by atoms with Crippen LogP contribution in [-0.4, -0.2) is 46.6 Å². The van der Waals surface area contributed by atoms with Gasteiger partial charge in [-0.15, -0.1) is 0 Å². The Bertz CT molecular complexity index is 1670. The minimum atomic E-state index is -3.82. The highest BCUT2D eigenvalue weighted by Gasteiger charge is 2.41. The van der Waals surface area contributed by atoms with Gasteiger partial charge in [0.25, 0.3) is 10.0 Å². The molecule has 0 spiro atoms. The van der Waals surface area contributed by atoms with Crippen molar-refractivity contribution in [2.75, 3.05) is 0 Å². The van der Waals surface area contributed by atoms with Crippen molar-refractivity contribution in [3.8, 4) is 0 Å². The van der Waals surface area contributed by atoms with E-state index in [4.69, 9.17) is 0 Å². The van der Waals surface area contributed by atoms with Gasteiger partial charge in [0.05, 0.1) is 28.2 Å². The van der Waals surface area contributed by atoms with E-state index in [0.29, 0.717) is 23.0 Å². The van der Waals surface area contributed by atoms with Gasteiger partial charge in [-0.25, -0.2) is 35.5 Å². The smallest absolute Gasteiger partial charge is 0.269 e. The van der Waals surface area contributed by atoms with Crippen LogP contribution in [0.1, 0.15) is 50.6 Å². The molecule has 0 radical (unpaired) electrons. The number of nitrogens with zero attached hydrogens (tertiary/aromatic N) is 4. The molecule has 9 nitrogen and oxygen atoms in total. The zero-order chi connectivity index (χ0) is 25.2. The first kappa shape index (κ1) is 23.6. The molecule has 0 aliphatic heterocycles. The molecule has 11 heteroatoms. The maximum absolute atomic E-state index is 13.4. The van der Waals surface area contributed by atoms with E-state index in [1.54, 1.807) is 49.1 Å². The zero-order valence-electron chi connectivity index (χ0n) is 20.2. The molecule has 2 aliphatic carbocycles. The fourth-order valence-electron chi connectivity index (χ4n) is 5.54. The number of rotatable bonds is 7. The van der Waals surface area contributed by atoms with Crippen molar-refractivity contribution < 1.29 is 16.8 Å². The lowest BCUT2D eigenvalue weighted by Gasteiger charge is -2.20. The zero-order valence-corrected chi connectivity index (χ0v) is 21.8. The summed E-state index contributed by atoms with van der Waals surface area (Å²) in [6.45, 7) is 4.03. The molecule has 3 atom stereocenters. The Morgan fingerprint density at radius 3 is 2.47 bits per heavy atom. The monoisotopic (exact) mass is 527 g/mol. The molecule has 0 saturated heterocycles. The van der Waals surface area contributed by atoms with Crippen LogP contribution < -0.4 is 4.72 Å². The van der Waals surface area contributed by atoms with E-state index < -0.39 is 20.0 Å². The van der Waals surface area contributed by atoms with Gasteiger partial charge in [-0.2, -0.15) is 0 Å². The number of aryl methyl sites for hydroxylation is 1. The summed E-state index contributed by atoms with van der Waals surface area (Å²) in [6.07, 6.45) is 8.75. The number of aromatic nitrogens is 4. The molecule has 2 saturated carbocycles. The molecule has 6 rings (SSSR count). The second-order valence-electron chi connectivity index (χ2n) is 10.1. The molecule has 0 bridgehead atoms. The Morgan fingerprint density at radius 1 is 1.03 bits per heavy atom. The first-order chi connectivity index (χ1) is 17.2. The van der Waals surface area contributed by atoms with Gasteiger partial charge in [0.15, 0.2) is 5.65 Å². The van der Waals surface area contributed by atoms with Crippen molar-refractivity contribution in [2.24, 2.45) is 5.92 Å². The molecule has 1 unspecified atom stereocenters. The maximum atomic E-state index is 13.4. The number of pyridine rings is 1. The topological polar surface area (TPSA) is 116 Å². The third-order valence-electron chi connectivity index (χ3n) is 7.62. The largest absolute Gasteiger partial charge is 0.326 e. The van der Waals surface area contributed by atoms with Crippen LogP contribution in [0.2, 0.25) is 0 Å². The van der Waals surface area contributed by atoms with Crippen LogP contribution >= 0.6 is 0 Å². The Morgan fingerprint density at radius 2 is 1.78 bits per heavy atom. The second kappa shape index (κ2) is 8.39. The van der Waals surface area contributed by atoms with E-state index in [2.05, 4.69) is 26.2 Å². The van der Waals surface area contributed by atoms with Crippen LogP contribution in [-0.2, 0) is 20.0 Å². The van der Waals surface area contributed by atoms with Crippen LogP contribution in [0.15, 0.2) is 53.9 Å². The fraction of sp³-hybridized carbons (Fsp3) is 0.440. The minimum Gasteiger partial charge on any atom is -0.326 e. The highest BCUT2D eigenvalue weighted by Crippen LogP contribution is 2.42. The van der Waals surface area contributed by atoms with Crippen LogP contribution in [0.3, 0.4) is 0 Å². The summed E-state index contributed by atoms with van der Waals surface area (Å²) in [7, 11) is -7.09. The summed E-state index contributed by atoms with van der Waals surface area (Å²) >= 11 is 0. The summed E-state index contributed by atoms with van der Waals surface area (Å²) in [6, 6.07) is 8.47. The molecule has 2 fully saturated rings. The van der Waals surface area contributed by atoms with Gasteiger partial charge in [-0.05, 0) is 56.7 Å². The average Bonchev–Trinajstić information content (AvgIpc) is 3.31. The molecular weight excluding hydrogens is 498 g/mol. The van der Waals surface area contributed by atoms with Crippen LogP contribution in [0.25, 0.3) is 22.1 Å². The Labute approximate surface area is 210 Å². The van der Waals surface area contributed by atoms with E-state index in [9.17, 15) is 16.8 Å². The highest BCUT2D eigenvalue weighted by molar-refractivity contribution is 7.90. The first-order valence-electron chi connectivity index (χ1n) is 12.3. The van der Waals surface area contributed by atoms with Gasteiger partial charge in [0.1, 0.15) is 5.52 Å². The third kappa shape index (κ3) is 3.84. The molecule has 1 N–H and O–H groups in total. The molecule has 36 heavy (non-hydrogen) atoms. The predicted octanol–water partition coefficient (Wildman–Crippen LogP) is 3.74. The maximum Gasteiger partial charge on any atom is 0.269 e. The first-order valence-corrected chi connectivity index (χ1v) is 15.3. The highest BCUT2D eigenvalue weighted by atomic mass is 32.2. The van der Waals surface area contributed by atoms with E-state index in [1.807, 2.05) is 6.92 Å². The Kier molecular flexibility index (Phi) is 5.51. The normalized spacial score (nSPS) is 23.1. The molecule has 4 aromatic rings. The van der Waals surface area contributed by atoms with Gasteiger partial charge < -0.3 is 4.57 Å². The van der Waals surface area contributed by atoms with E-state index in [0.717, 1.165) is 36.8 Å². The van der Waals surface area contributed by atoms with Crippen LogP contribution in [0, 0.1) is 12.8 Å². The number of nitrogens with one attached hydrogen (secondary N) is 1. The van der Waals surface area contributed by atoms with Crippen molar-refractivity contribution in [1.82, 2.24) is 23.2 Å². The lowest BCUT2D eigenvalue weighted by Crippen LogP contribution is -2.35. The van der Waals surface area contributed by atoms with Gasteiger partial charge in [0, 0.05) is 23.7 Å². The van der Waals surface area contributed by atoms with Crippen molar-refractivity contribution >= 4 is 42.1 Å². The van der Waals surface area contributed by atoms with Crippen molar-refractivity contribution in [1.29, 1.82) is 0 Å². The number of sulfonamides is 1. The molecule has 3 aromatic heterocycles. The number of hydrogen-bond acceptors (Lipinski definition) is 6. The Hall–Kier alpha value is -2.76. The molecule has 3 heterocycles. The molecule has 1 aromatic carbocycles. The summed E-state index contributed by atoms with van der Waals surface area (Å²) in [4.78, 5) is 9.23. The van der Waals surface area contributed by atoms with Crippen molar-refractivity contribution in [3.63, 3.8) is 0 Å². The molecular formula is C25H29N5O4S2. The summed E-state index contributed by atoms with van der Waals surface area (Å²) in [5.41, 5.74) is 2.84. The lowest BCUT2D eigenvalue weighted by atomic mass is 10.0. The number of fused-ring (bicyclic) bond motifs is 3. The molecule has 2 aliphatic rings. The third-order valence-corrected chi connectivity index (χ3v) is 11.3. The minimum absolute atomic E-state index is 0.0505. The average molecular weight is 528 g/mol. The van der Waals surface area contributed by atoms with E-state index in [-0.39, 0.29) is 28.1 Å². The fourth-order valence-corrected chi connectivity index (χ4v) is 8.45. The van der Waals surface area contributed by atoms with Gasteiger partial charge >= 0.3 is 0 Å². The number of imidazole rings is 1. The summed E-state index contributed by atoms with van der Waals surface area (Å²) in [5, 5.41) is 0.462. The summed E-state index contributed by atoms with van der Waals surface area (Å²) < 4.78 is 58.2. The second-order valence-corrected chi connectivity index (χ2v) is 13.9. The van der Waals surface area contributed by atoms with E-state index >= 15 is 0 Å². The lowest BCUT2D eigenvalue weighted by molar-refractivity contribution is 0.377. The molecule has 190 valence electrons.